The fraction of sp³-hybridized carbons (Fsp3) is 0.543. The molecule has 1 aromatic heterocycles. The van der Waals surface area contributed by atoms with Gasteiger partial charge in [0.15, 0.2) is 6.10 Å². The predicted octanol–water partition coefficient (Wildman–Crippen LogP) is 4.94. The van der Waals surface area contributed by atoms with E-state index in [0.29, 0.717) is 66.7 Å². The molecular weight excluding hydrogens is 756 g/mol. The number of benzene rings is 2. The molecule has 1 aliphatic carbocycles. The van der Waals surface area contributed by atoms with E-state index in [4.69, 9.17) is 18.9 Å². The van der Waals surface area contributed by atoms with Crippen LogP contribution in [0.5, 0.6) is 5.75 Å². The van der Waals surface area contributed by atoms with Crippen LogP contribution in [0.25, 0.3) is 10.9 Å². The molecule has 2 aromatic carbocycles. The number of nitrogens with zero attached hydrogens (tertiary/aromatic N) is 3. The Labute approximate surface area is 344 Å². The lowest BCUT2D eigenvalue weighted by Crippen LogP contribution is -2.81. The second-order valence-electron chi connectivity index (χ2n) is 17.6. The average molecular weight is 811 g/mol. The first-order valence-electron chi connectivity index (χ1n) is 20.9. The number of methoxy groups -OCH3 is 3. The Kier molecular flexibility index (Phi) is 9.37. The van der Waals surface area contributed by atoms with Crippen molar-refractivity contribution in [2.75, 3.05) is 66.0 Å². The zero-order valence-electron chi connectivity index (χ0n) is 35.0. The molecule has 2 bridgehead atoms. The maximum Gasteiger partial charge on any atom is 0.344 e. The Bertz CT molecular complexity index is 2320. The lowest BCUT2D eigenvalue weighted by Gasteiger charge is -2.63. The molecule has 1 spiro atoms. The highest BCUT2D eigenvalue weighted by molar-refractivity contribution is 5.95. The van der Waals surface area contributed by atoms with E-state index in [-0.39, 0.29) is 17.8 Å². The Morgan fingerprint density at radius 2 is 1.80 bits per heavy atom. The molecule has 12 nitrogen and oxygen atoms in total. The van der Waals surface area contributed by atoms with Crippen LogP contribution in [0.4, 0.5) is 10.1 Å². The highest BCUT2D eigenvalue weighted by atomic mass is 19.1. The van der Waals surface area contributed by atoms with Gasteiger partial charge in [0.05, 0.1) is 27.4 Å². The van der Waals surface area contributed by atoms with Crippen molar-refractivity contribution in [3.63, 3.8) is 0 Å². The molecule has 314 valence electrons. The van der Waals surface area contributed by atoms with Crippen LogP contribution in [0.3, 0.4) is 0 Å². The van der Waals surface area contributed by atoms with Crippen molar-refractivity contribution in [3.05, 3.63) is 82.3 Å². The molecule has 59 heavy (non-hydrogen) atoms. The summed E-state index contributed by atoms with van der Waals surface area (Å²) in [5, 5.41) is 14.0. The fourth-order valence-electron chi connectivity index (χ4n) is 13.1. The van der Waals surface area contributed by atoms with E-state index in [9.17, 15) is 14.7 Å². The average Bonchev–Trinajstić information content (AvgIpc) is 3.89. The number of carbonyl (C=O) groups excluding carboxylic acids is 3. The number of hydrogen-bond donors (Lipinski definition) is 2. The topological polar surface area (TPSA) is 134 Å². The van der Waals surface area contributed by atoms with E-state index in [0.717, 1.165) is 42.9 Å². The monoisotopic (exact) mass is 810 g/mol. The summed E-state index contributed by atoms with van der Waals surface area (Å²) in [6.07, 6.45) is 7.90. The van der Waals surface area contributed by atoms with Gasteiger partial charge in [-0.2, -0.15) is 0 Å². The third kappa shape index (κ3) is 5.19. The summed E-state index contributed by atoms with van der Waals surface area (Å²) in [7, 11) is 6.09. The lowest BCUT2D eigenvalue weighted by atomic mass is 9.47. The number of aliphatic hydroxyl groups is 1. The van der Waals surface area contributed by atoms with Crippen LogP contribution in [-0.2, 0) is 45.8 Å². The molecule has 6 heterocycles. The summed E-state index contributed by atoms with van der Waals surface area (Å²) in [6, 6.07) is 7.43. The SMILES string of the molecule is CCC1=C[C@@H]2CN(CCc3c([nH]c4ccc(F)cc34)[C@@](C(=O)OC)(c3cc4c(cc3OC)N(C)C3C(O)(C(=O)OC)[C@H](OC(C)=O)[C@]5(CC)C=CCN6CC[C@]43[C@@H]65)C2)C1. The summed E-state index contributed by atoms with van der Waals surface area (Å²) in [6.45, 7) is 9.01. The number of likely N-dealkylation sites (N-methyl/N-ethyl adjacent to an activating group) is 1. The smallest absolute Gasteiger partial charge is 0.344 e. The second kappa shape index (κ2) is 13.9. The summed E-state index contributed by atoms with van der Waals surface area (Å²) in [5.41, 5.74) is -0.0400. The first-order valence-corrected chi connectivity index (χ1v) is 20.9. The molecule has 1 saturated carbocycles. The van der Waals surface area contributed by atoms with Gasteiger partial charge in [-0.05, 0) is 80.0 Å². The predicted molar refractivity (Wildman–Crippen MR) is 219 cm³/mol. The van der Waals surface area contributed by atoms with Crippen LogP contribution in [0.15, 0.2) is 54.1 Å². The third-order valence-corrected chi connectivity index (χ3v) is 15.1. The Hall–Kier alpha value is -4.72. The molecule has 9 rings (SSSR count). The van der Waals surface area contributed by atoms with Crippen molar-refractivity contribution in [3.8, 4) is 5.75 Å². The fourth-order valence-corrected chi connectivity index (χ4v) is 13.1. The van der Waals surface area contributed by atoms with Crippen molar-refractivity contribution in [1.29, 1.82) is 0 Å². The normalized spacial score (nSPS) is 34.4. The molecule has 3 aromatic rings. The number of carbonyl (C=O) groups is 3. The van der Waals surface area contributed by atoms with Gasteiger partial charge in [0.25, 0.3) is 0 Å². The molecule has 2 N–H and O–H groups in total. The minimum absolute atomic E-state index is 0.0553. The number of ether oxygens (including phenoxy) is 4. The molecule has 1 saturated heterocycles. The zero-order chi connectivity index (χ0) is 41.8. The maximum absolute atomic E-state index is 15.3. The maximum atomic E-state index is 15.3. The van der Waals surface area contributed by atoms with Crippen LogP contribution in [0, 0.1) is 17.2 Å². The minimum atomic E-state index is -2.31. The highest BCUT2D eigenvalue weighted by Gasteiger charge is 2.80. The number of H-pyrrole nitrogens is 1. The van der Waals surface area contributed by atoms with Gasteiger partial charge in [0.2, 0.25) is 5.60 Å². The Morgan fingerprint density at radius 1 is 1.02 bits per heavy atom. The number of aromatic nitrogens is 1. The summed E-state index contributed by atoms with van der Waals surface area (Å²) < 4.78 is 39.0. The Morgan fingerprint density at radius 3 is 2.49 bits per heavy atom. The van der Waals surface area contributed by atoms with Gasteiger partial charge >= 0.3 is 17.9 Å². The van der Waals surface area contributed by atoms with Crippen molar-refractivity contribution >= 4 is 34.5 Å². The molecular formula is C46H55FN4O8. The van der Waals surface area contributed by atoms with Crippen LogP contribution in [-0.4, -0.2) is 123 Å². The van der Waals surface area contributed by atoms with Crippen molar-refractivity contribution in [1.82, 2.24) is 14.8 Å². The summed E-state index contributed by atoms with van der Waals surface area (Å²) in [5.74, 6) is -1.97. The van der Waals surface area contributed by atoms with E-state index in [1.165, 1.54) is 32.8 Å². The molecule has 2 fully saturated rings. The molecule has 9 atom stereocenters. The van der Waals surface area contributed by atoms with Gasteiger partial charge in [-0.15, -0.1) is 0 Å². The van der Waals surface area contributed by atoms with Crippen LogP contribution in [0.1, 0.15) is 68.8 Å². The molecule has 13 heteroatoms. The molecule has 0 radical (unpaired) electrons. The van der Waals surface area contributed by atoms with Crippen molar-refractivity contribution in [2.24, 2.45) is 11.3 Å². The highest BCUT2D eigenvalue weighted by Crippen LogP contribution is 2.68. The van der Waals surface area contributed by atoms with Crippen LogP contribution in [0.2, 0.25) is 0 Å². The largest absolute Gasteiger partial charge is 0.496 e. The van der Waals surface area contributed by atoms with E-state index in [1.807, 2.05) is 37.1 Å². The van der Waals surface area contributed by atoms with Crippen molar-refractivity contribution < 1.29 is 42.8 Å². The molecule has 0 amide bonds. The molecule has 5 aliphatic heterocycles. The number of aromatic amines is 1. The van der Waals surface area contributed by atoms with Gasteiger partial charge in [-0.1, -0.05) is 37.6 Å². The zero-order valence-corrected chi connectivity index (χ0v) is 35.0. The Balaban J connectivity index is 1.38. The number of esters is 3. The number of anilines is 1. The van der Waals surface area contributed by atoms with E-state index >= 15 is 9.18 Å². The standard InChI is InChI=1S/C46H55FN4O8/c1-8-27-19-28-23-45(41(53)57-6,37-30(13-17-50(24-27)25-28)31-20-29(47)11-12-34(31)48-37)33-21-32-35(22-36(33)56-5)49(4)39-44(32)15-18-51-16-10-14-43(9-2,38(44)51)40(59-26(3)52)46(39,55)42(54)58-7/h10-12,14,19-22,28,38-40,48,55H,8-9,13,15-18,23-25H2,1-7H3/t28-,38-,39?,40+,43+,44+,45-,46?/m0/s1. The molecule has 3 unspecified atom stereocenters. The first-order chi connectivity index (χ1) is 28.3. The summed E-state index contributed by atoms with van der Waals surface area (Å²) in [4.78, 5) is 53.0. The second-order valence-corrected chi connectivity index (χ2v) is 17.6. The van der Waals surface area contributed by atoms with E-state index in [1.54, 1.807) is 19.2 Å². The van der Waals surface area contributed by atoms with E-state index in [2.05, 4.69) is 33.8 Å². The van der Waals surface area contributed by atoms with Crippen LogP contribution < -0.4 is 9.64 Å². The third-order valence-electron chi connectivity index (χ3n) is 15.1. The first kappa shape index (κ1) is 39.7. The molecule has 6 aliphatic rings. The lowest BCUT2D eigenvalue weighted by molar-refractivity contribution is -0.228. The number of fused-ring (bicyclic) bond motifs is 6. The number of nitrogens with one attached hydrogen (secondary N) is 1. The van der Waals surface area contributed by atoms with Crippen molar-refractivity contribution in [2.45, 2.75) is 87.5 Å². The van der Waals surface area contributed by atoms with Gasteiger partial charge in [0, 0.05) is 90.9 Å². The van der Waals surface area contributed by atoms with Crippen LogP contribution >= 0.6 is 0 Å². The van der Waals surface area contributed by atoms with E-state index < -0.39 is 51.9 Å². The van der Waals surface area contributed by atoms with Gasteiger partial charge in [-0.25, -0.2) is 9.18 Å². The number of halogens is 1. The number of hydrogen-bond acceptors (Lipinski definition) is 11. The van der Waals surface area contributed by atoms with Gasteiger partial charge in [-0.3, -0.25) is 19.4 Å². The van der Waals surface area contributed by atoms with Gasteiger partial charge < -0.3 is 33.9 Å². The number of rotatable bonds is 7. The van der Waals surface area contributed by atoms with Gasteiger partial charge in [0.1, 0.15) is 17.0 Å². The summed E-state index contributed by atoms with van der Waals surface area (Å²) >= 11 is 0. The minimum Gasteiger partial charge on any atom is -0.496 e. The quantitative estimate of drug-likeness (QED) is 0.191.